The van der Waals surface area contributed by atoms with Gasteiger partial charge in [-0.3, -0.25) is 0 Å². The lowest BCUT2D eigenvalue weighted by Gasteiger charge is -2.11. The van der Waals surface area contributed by atoms with Gasteiger partial charge in [0, 0.05) is 6.42 Å². The normalized spacial score (nSPS) is 11.2. The molecule has 0 amide bonds. The maximum absolute atomic E-state index is 13.0. The lowest BCUT2D eigenvalue weighted by Crippen LogP contribution is -2.13. The SMILES string of the molecule is COc1ccc(OC)c(-c2nc(Cc3ccccc3)oc2NS(=O)(=O)c2ccccc2)c1. The van der Waals surface area contributed by atoms with Crippen molar-refractivity contribution < 1.29 is 22.3 Å². The summed E-state index contributed by atoms with van der Waals surface area (Å²) in [5, 5.41) is 0. The van der Waals surface area contributed by atoms with Crippen molar-refractivity contribution in [3.05, 3.63) is 90.3 Å². The number of sulfonamides is 1. The Morgan fingerprint density at radius 1 is 0.906 bits per heavy atom. The van der Waals surface area contributed by atoms with E-state index in [1.807, 2.05) is 30.3 Å². The minimum absolute atomic E-state index is 0.00587. The lowest BCUT2D eigenvalue weighted by molar-refractivity contribution is 0.404. The molecule has 0 unspecified atom stereocenters. The maximum atomic E-state index is 13.0. The Morgan fingerprint density at radius 2 is 1.59 bits per heavy atom. The third kappa shape index (κ3) is 4.60. The van der Waals surface area contributed by atoms with Gasteiger partial charge in [0.2, 0.25) is 11.8 Å². The monoisotopic (exact) mass is 450 g/mol. The first-order valence-electron chi connectivity index (χ1n) is 9.84. The van der Waals surface area contributed by atoms with E-state index in [1.165, 1.54) is 19.2 Å². The average molecular weight is 451 g/mol. The van der Waals surface area contributed by atoms with Gasteiger partial charge in [-0.15, -0.1) is 0 Å². The molecule has 1 heterocycles. The van der Waals surface area contributed by atoms with Crippen molar-refractivity contribution in [2.45, 2.75) is 11.3 Å². The summed E-state index contributed by atoms with van der Waals surface area (Å²) in [6, 6.07) is 22.9. The van der Waals surface area contributed by atoms with Crippen LogP contribution in [0.2, 0.25) is 0 Å². The van der Waals surface area contributed by atoms with Gasteiger partial charge in [0.15, 0.2) is 0 Å². The zero-order valence-electron chi connectivity index (χ0n) is 17.6. The number of hydrogen-bond donors (Lipinski definition) is 1. The number of nitrogens with zero attached hydrogens (tertiary/aromatic N) is 1. The van der Waals surface area contributed by atoms with Gasteiger partial charge < -0.3 is 13.9 Å². The van der Waals surface area contributed by atoms with Crippen LogP contribution in [0.25, 0.3) is 11.3 Å². The molecule has 0 fully saturated rings. The van der Waals surface area contributed by atoms with E-state index in [0.29, 0.717) is 35.1 Å². The van der Waals surface area contributed by atoms with E-state index in [1.54, 1.807) is 43.5 Å². The van der Waals surface area contributed by atoms with Gasteiger partial charge in [0.05, 0.1) is 24.7 Å². The summed E-state index contributed by atoms with van der Waals surface area (Å²) in [5.74, 6) is 1.45. The molecule has 0 saturated carbocycles. The fourth-order valence-corrected chi connectivity index (χ4v) is 4.26. The molecular weight excluding hydrogens is 428 g/mol. The third-order valence-electron chi connectivity index (χ3n) is 4.81. The Bertz CT molecular complexity index is 1300. The van der Waals surface area contributed by atoms with Crippen molar-refractivity contribution in [1.82, 2.24) is 4.98 Å². The minimum Gasteiger partial charge on any atom is -0.497 e. The average Bonchev–Trinajstić information content (AvgIpc) is 3.20. The van der Waals surface area contributed by atoms with Crippen molar-refractivity contribution in [3.63, 3.8) is 0 Å². The van der Waals surface area contributed by atoms with E-state index in [-0.39, 0.29) is 10.8 Å². The maximum Gasteiger partial charge on any atom is 0.264 e. The second-order valence-corrected chi connectivity index (χ2v) is 8.61. The highest BCUT2D eigenvalue weighted by atomic mass is 32.2. The van der Waals surface area contributed by atoms with E-state index in [4.69, 9.17) is 13.9 Å². The number of aromatic nitrogens is 1. The number of oxazole rings is 1. The molecule has 3 aromatic carbocycles. The first kappa shape index (κ1) is 21.5. The van der Waals surface area contributed by atoms with Crippen LogP contribution in [0.4, 0.5) is 5.88 Å². The molecule has 8 heteroatoms. The predicted molar refractivity (Wildman–Crippen MR) is 122 cm³/mol. The molecule has 4 aromatic rings. The molecule has 0 radical (unpaired) electrons. The highest BCUT2D eigenvalue weighted by Crippen LogP contribution is 2.38. The Kier molecular flexibility index (Phi) is 6.13. The molecule has 4 rings (SSSR count). The summed E-state index contributed by atoms with van der Waals surface area (Å²) in [4.78, 5) is 4.72. The molecule has 32 heavy (non-hydrogen) atoms. The van der Waals surface area contributed by atoms with E-state index < -0.39 is 10.0 Å². The van der Waals surface area contributed by atoms with E-state index in [9.17, 15) is 8.42 Å². The molecule has 7 nitrogen and oxygen atoms in total. The second-order valence-electron chi connectivity index (χ2n) is 6.93. The molecule has 164 valence electrons. The van der Waals surface area contributed by atoms with Gasteiger partial charge in [0.25, 0.3) is 10.0 Å². The predicted octanol–water partition coefficient (Wildman–Crippen LogP) is 4.75. The quantitative estimate of drug-likeness (QED) is 0.417. The smallest absolute Gasteiger partial charge is 0.264 e. The Hall–Kier alpha value is -3.78. The van der Waals surface area contributed by atoms with Crippen LogP contribution in [-0.2, 0) is 16.4 Å². The van der Waals surface area contributed by atoms with Crippen LogP contribution in [0.3, 0.4) is 0 Å². The van der Waals surface area contributed by atoms with Gasteiger partial charge in [-0.1, -0.05) is 48.5 Å². The second kappa shape index (κ2) is 9.15. The van der Waals surface area contributed by atoms with E-state index in [0.717, 1.165) is 5.56 Å². The van der Waals surface area contributed by atoms with Crippen molar-refractivity contribution in [2.24, 2.45) is 0 Å². The highest BCUT2D eigenvalue weighted by Gasteiger charge is 2.24. The molecule has 0 aliphatic heterocycles. The summed E-state index contributed by atoms with van der Waals surface area (Å²) in [5.41, 5.74) is 1.84. The Balaban J connectivity index is 1.81. The summed E-state index contributed by atoms with van der Waals surface area (Å²) in [6.07, 6.45) is 0.396. The molecule has 0 atom stereocenters. The van der Waals surface area contributed by atoms with Crippen molar-refractivity contribution >= 4 is 15.9 Å². The molecule has 0 saturated heterocycles. The largest absolute Gasteiger partial charge is 0.497 e. The molecule has 0 aliphatic rings. The lowest BCUT2D eigenvalue weighted by atomic mass is 10.1. The summed E-state index contributed by atoms with van der Waals surface area (Å²) in [7, 11) is -0.813. The van der Waals surface area contributed by atoms with Crippen LogP contribution < -0.4 is 14.2 Å². The van der Waals surface area contributed by atoms with Crippen LogP contribution in [0, 0.1) is 0 Å². The number of ether oxygens (including phenoxy) is 2. The van der Waals surface area contributed by atoms with E-state index in [2.05, 4.69) is 9.71 Å². The zero-order chi connectivity index (χ0) is 22.6. The van der Waals surface area contributed by atoms with Crippen molar-refractivity contribution in [1.29, 1.82) is 0 Å². The van der Waals surface area contributed by atoms with Crippen LogP contribution in [0.15, 0.2) is 88.2 Å². The van der Waals surface area contributed by atoms with Crippen LogP contribution in [-0.4, -0.2) is 27.6 Å². The summed E-state index contributed by atoms with van der Waals surface area (Å²) < 4.78 is 45.2. The molecule has 0 bridgehead atoms. The van der Waals surface area contributed by atoms with Gasteiger partial charge in [0.1, 0.15) is 17.2 Å². The standard InChI is InChI=1S/C24H22N2O5S/c1-29-18-13-14-21(30-2)20(16-18)23-24(26-32(27,28)19-11-7-4-8-12-19)31-22(25-23)15-17-9-5-3-6-10-17/h3-14,16,26H,15H2,1-2H3. The van der Waals surface area contributed by atoms with Crippen LogP contribution >= 0.6 is 0 Å². The molecule has 0 aliphatic carbocycles. The number of benzene rings is 3. The first-order valence-corrected chi connectivity index (χ1v) is 11.3. The summed E-state index contributed by atoms with van der Waals surface area (Å²) in [6.45, 7) is 0. The van der Waals surface area contributed by atoms with Crippen molar-refractivity contribution in [3.8, 4) is 22.8 Å². The number of anilines is 1. The highest BCUT2D eigenvalue weighted by molar-refractivity contribution is 7.92. The van der Waals surface area contributed by atoms with Gasteiger partial charge in [-0.05, 0) is 35.9 Å². The molecule has 1 N–H and O–H groups in total. The molecule has 0 spiro atoms. The van der Waals surface area contributed by atoms with Crippen LogP contribution in [0.1, 0.15) is 11.5 Å². The molecule has 1 aromatic heterocycles. The Morgan fingerprint density at radius 3 is 2.25 bits per heavy atom. The van der Waals surface area contributed by atoms with Crippen LogP contribution in [0.5, 0.6) is 11.5 Å². The number of methoxy groups -OCH3 is 2. The van der Waals surface area contributed by atoms with Gasteiger partial charge >= 0.3 is 0 Å². The Labute approximate surface area is 186 Å². The summed E-state index contributed by atoms with van der Waals surface area (Å²) >= 11 is 0. The minimum atomic E-state index is -3.89. The number of nitrogens with one attached hydrogen (secondary N) is 1. The first-order chi connectivity index (χ1) is 15.5. The molecular formula is C24H22N2O5S. The number of rotatable bonds is 8. The topological polar surface area (TPSA) is 90.7 Å². The van der Waals surface area contributed by atoms with Crippen molar-refractivity contribution in [2.75, 3.05) is 18.9 Å². The fraction of sp³-hybridized carbons (Fsp3) is 0.125. The van der Waals surface area contributed by atoms with Gasteiger partial charge in [-0.2, -0.15) is 0 Å². The third-order valence-corrected chi connectivity index (χ3v) is 6.16. The van der Waals surface area contributed by atoms with E-state index >= 15 is 0 Å². The fourth-order valence-electron chi connectivity index (χ4n) is 3.24. The zero-order valence-corrected chi connectivity index (χ0v) is 18.4. The van der Waals surface area contributed by atoms with Gasteiger partial charge in [-0.25, -0.2) is 18.1 Å². The number of hydrogen-bond acceptors (Lipinski definition) is 6.